The van der Waals surface area contributed by atoms with Gasteiger partial charge in [0.25, 0.3) is 0 Å². The molecule has 0 bridgehead atoms. The normalized spacial score (nSPS) is 24.0. The van der Waals surface area contributed by atoms with E-state index < -0.39 is 0 Å². The minimum Gasteiger partial charge on any atom is -0.374 e. The van der Waals surface area contributed by atoms with E-state index in [1.165, 1.54) is 0 Å². The molecule has 0 aromatic carbocycles. The maximum Gasteiger partial charge on any atom is 0.0826 e. The first-order valence-electron chi connectivity index (χ1n) is 6.42. The van der Waals surface area contributed by atoms with Gasteiger partial charge >= 0.3 is 0 Å². The van der Waals surface area contributed by atoms with Crippen LogP contribution in [0.5, 0.6) is 0 Å². The first kappa shape index (κ1) is 13.9. The summed E-state index contributed by atoms with van der Waals surface area (Å²) in [4.78, 5) is 2.34. The summed E-state index contributed by atoms with van der Waals surface area (Å²) in [5.41, 5.74) is 0.362. The first-order valence-corrected chi connectivity index (χ1v) is 6.42. The summed E-state index contributed by atoms with van der Waals surface area (Å²) in [6.45, 7) is 14.2. The van der Waals surface area contributed by atoms with E-state index in [-0.39, 0.29) is 0 Å². The van der Waals surface area contributed by atoms with Crippen molar-refractivity contribution in [3.8, 4) is 0 Å². The summed E-state index contributed by atoms with van der Waals surface area (Å²) in [6, 6.07) is 0. The molecule has 1 fully saturated rings. The summed E-state index contributed by atoms with van der Waals surface area (Å²) in [7, 11) is 2.16. The van der Waals surface area contributed by atoms with Gasteiger partial charge in [0, 0.05) is 26.2 Å². The second-order valence-electron chi connectivity index (χ2n) is 6.03. The summed E-state index contributed by atoms with van der Waals surface area (Å²) in [5, 5.41) is 3.55. The molecule has 0 amide bonds. The molecule has 1 atom stereocenters. The average Bonchev–Trinajstić information content (AvgIpc) is 2.17. The fraction of sp³-hybridized carbons (Fsp3) is 1.00. The van der Waals surface area contributed by atoms with Crippen molar-refractivity contribution in [3.63, 3.8) is 0 Å². The minimum absolute atomic E-state index is 0.362. The van der Waals surface area contributed by atoms with Crippen molar-refractivity contribution < 1.29 is 4.74 Å². The monoisotopic (exact) mass is 228 g/mol. The van der Waals surface area contributed by atoms with Gasteiger partial charge < -0.3 is 15.0 Å². The van der Waals surface area contributed by atoms with Crippen molar-refractivity contribution in [2.45, 2.75) is 33.8 Å². The highest BCUT2D eigenvalue weighted by molar-refractivity contribution is 4.77. The largest absolute Gasteiger partial charge is 0.374 e. The third-order valence-corrected chi connectivity index (χ3v) is 3.86. The molecule has 1 heterocycles. The molecule has 0 radical (unpaired) electrons. The Morgan fingerprint density at radius 1 is 1.44 bits per heavy atom. The van der Waals surface area contributed by atoms with Crippen LogP contribution in [0.15, 0.2) is 0 Å². The third-order valence-electron chi connectivity index (χ3n) is 3.86. The minimum atomic E-state index is 0.362. The van der Waals surface area contributed by atoms with Crippen LogP contribution in [0, 0.1) is 11.3 Å². The summed E-state index contributed by atoms with van der Waals surface area (Å²) < 4.78 is 5.72. The van der Waals surface area contributed by atoms with Crippen LogP contribution in [0.4, 0.5) is 0 Å². The van der Waals surface area contributed by atoms with Crippen LogP contribution in [0.1, 0.15) is 27.7 Å². The quantitative estimate of drug-likeness (QED) is 0.773. The van der Waals surface area contributed by atoms with Gasteiger partial charge in [-0.25, -0.2) is 0 Å². The van der Waals surface area contributed by atoms with Gasteiger partial charge in [-0.15, -0.1) is 0 Å². The Kier molecular flexibility index (Phi) is 5.22. The SMILES string of the molecule is CC(C)C(C)(C)CNCC1CN(C)CCO1. The second-order valence-corrected chi connectivity index (χ2v) is 6.03. The molecular formula is C13H28N2O. The molecule has 1 rings (SSSR count). The number of hydrogen-bond donors (Lipinski definition) is 1. The fourth-order valence-corrected chi connectivity index (χ4v) is 1.75. The molecule has 96 valence electrons. The average molecular weight is 228 g/mol. The van der Waals surface area contributed by atoms with E-state index in [1.54, 1.807) is 0 Å². The topological polar surface area (TPSA) is 24.5 Å². The molecule has 0 aliphatic carbocycles. The van der Waals surface area contributed by atoms with E-state index in [9.17, 15) is 0 Å². The smallest absolute Gasteiger partial charge is 0.0826 e. The van der Waals surface area contributed by atoms with Crippen molar-refractivity contribution in [1.82, 2.24) is 10.2 Å². The Balaban J connectivity index is 2.20. The molecule has 1 unspecified atom stereocenters. The van der Waals surface area contributed by atoms with E-state index in [2.05, 4.69) is 45.0 Å². The second kappa shape index (κ2) is 5.99. The van der Waals surface area contributed by atoms with E-state index >= 15 is 0 Å². The molecule has 1 aliphatic rings. The number of rotatable bonds is 5. The molecule has 1 saturated heterocycles. The maximum atomic E-state index is 5.72. The van der Waals surface area contributed by atoms with Crippen LogP contribution in [-0.4, -0.2) is 50.8 Å². The third kappa shape index (κ3) is 4.40. The molecule has 0 aromatic heterocycles. The molecule has 1 aliphatic heterocycles. The molecular weight excluding hydrogens is 200 g/mol. The zero-order chi connectivity index (χ0) is 12.2. The van der Waals surface area contributed by atoms with Crippen LogP contribution >= 0.6 is 0 Å². The molecule has 1 N–H and O–H groups in total. The van der Waals surface area contributed by atoms with Gasteiger partial charge in [-0.2, -0.15) is 0 Å². The number of ether oxygens (including phenoxy) is 1. The zero-order valence-corrected chi connectivity index (χ0v) is 11.5. The predicted octanol–water partition coefficient (Wildman–Crippen LogP) is 1.59. The number of nitrogens with one attached hydrogen (secondary N) is 1. The predicted molar refractivity (Wildman–Crippen MR) is 68.7 cm³/mol. The Hall–Kier alpha value is -0.120. The van der Waals surface area contributed by atoms with Crippen molar-refractivity contribution >= 4 is 0 Å². The van der Waals surface area contributed by atoms with Gasteiger partial charge in [0.2, 0.25) is 0 Å². The van der Waals surface area contributed by atoms with Gasteiger partial charge in [-0.05, 0) is 18.4 Å². The lowest BCUT2D eigenvalue weighted by atomic mass is 9.81. The number of likely N-dealkylation sites (N-methyl/N-ethyl adjacent to an activating group) is 1. The highest BCUT2D eigenvalue weighted by Crippen LogP contribution is 2.24. The molecule has 0 aromatic rings. The zero-order valence-electron chi connectivity index (χ0n) is 11.5. The van der Waals surface area contributed by atoms with Crippen LogP contribution in [0.2, 0.25) is 0 Å². The van der Waals surface area contributed by atoms with Crippen molar-refractivity contribution in [2.24, 2.45) is 11.3 Å². The van der Waals surface area contributed by atoms with Crippen LogP contribution in [0.3, 0.4) is 0 Å². The van der Waals surface area contributed by atoms with Crippen molar-refractivity contribution in [2.75, 3.05) is 39.8 Å². The van der Waals surface area contributed by atoms with Crippen molar-refractivity contribution in [3.05, 3.63) is 0 Å². The van der Waals surface area contributed by atoms with E-state index in [0.717, 1.165) is 32.8 Å². The van der Waals surface area contributed by atoms with Gasteiger partial charge in [0.1, 0.15) is 0 Å². The Morgan fingerprint density at radius 3 is 2.69 bits per heavy atom. The Labute approximate surface area is 101 Å². The molecule has 16 heavy (non-hydrogen) atoms. The first-order chi connectivity index (χ1) is 7.42. The highest BCUT2D eigenvalue weighted by Gasteiger charge is 2.23. The highest BCUT2D eigenvalue weighted by atomic mass is 16.5. The lowest BCUT2D eigenvalue weighted by molar-refractivity contribution is -0.0192. The Bertz CT molecular complexity index is 204. The standard InChI is InChI=1S/C13H28N2O/c1-11(2)13(3,4)10-14-8-12-9-15(5)6-7-16-12/h11-12,14H,6-10H2,1-5H3. The lowest BCUT2D eigenvalue weighted by Gasteiger charge is -2.33. The molecule has 0 spiro atoms. The van der Waals surface area contributed by atoms with Crippen LogP contribution < -0.4 is 5.32 Å². The summed E-state index contributed by atoms with van der Waals surface area (Å²) >= 11 is 0. The maximum absolute atomic E-state index is 5.72. The molecule has 0 saturated carbocycles. The number of morpholine rings is 1. The van der Waals surface area contributed by atoms with Gasteiger partial charge in [0.05, 0.1) is 12.7 Å². The molecule has 3 nitrogen and oxygen atoms in total. The van der Waals surface area contributed by atoms with Crippen LogP contribution in [-0.2, 0) is 4.74 Å². The lowest BCUT2D eigenvalue weighted by Crippen LogP contribution is -2.46. The summed E-state index contributed by atoms with van der Waals surface area (Å²) in [5.74, 6) is 0.704. The number of nitrogens with zero attached hydrogens (tertiary/aromatic N) is 1. The Morgan fingerprint density at radius 2 is 2.12 bits per heavy atom. The molecule has 3 heteroatoms. The van der Waals surface area contributed by atoms with Gasteiger partial charge in [-0.1, -0.05) is 27.7 Å². The summed E-state index contributed by atoms with van der Waals surface area (Å²) in [6.07, 6.45) is 0.363. The van der Waals surface area contributed by atoms with Gasteiger partial charge in [-0.3, -0.25) is 0 Å². The fourth-order valence-electron chi connectivity index (χ4n) is 1.75. The van der Waals surface area contributed by atoms with E-state index in [0.29, 0.717) is 17.4 Å². The van der Waals surface area contributed by atoms with E-state index in [4.69, 9.17) is 4.74 Å². The van der Waals surface area contributed by atoms with Crippen LogP contribution in [0.25, 0.3) is 0 Å². The van der Waals surface area contributed by atoms with E-state index in [1.807, 2.05) is 0 Å². The van der Waals surface area contributed by atoms with Crippen molar-refractivity contribution in [1.29, 1.82) is 0 Å². The van der Waals surface area contributed by atoms with Gasteiger partial charge in [0.15, 0.2) is 0 Å². The number of hydrogen-bond acceptors (Lipinski definition) is 3.